The molecular weight excluding hydrogens is 372 g/mol. The summed E-state index contributed by atoms with van der Waals surface area (Å²) in [5.74, 6) is 0. The minimum absolute atomic E-state index is 0.283. The van der Waals surface area contributed by atoms with Crippen LogP contribution in [0.5, 0.6) is 0 Å². The van der Waals surface area contributed by atoms with E-state index in [2.05, 4.69) is 5.10 Å². The van der Waals surface area contributed by atoms with Crippen molar-refractivity contribution in [2.24, 2.45) is 0 Å². The lowest BCUT2D eigenvalue weighted by Crippen LogP contribution is -2.15. The number of thiophene rings is 1. The molecule has 0 spiro atoms. The molecule has 3 aromatic rings. The molecule has 3 rings (SSSR count). The Morgan fingerprint density at radius 3 is 2.48 bits per heavy atom. The molecule has 23 heavy (non-hydrogen) atoms. The first-order chi connectivity index (χ1) is 10.9. The number of halogens is 1. The highest BCUT2D eigenvalue weighted by Crippen LogP contribution is 2.34. The number of aryl methyl sites for hydroxylation is 1. The lowest BCUT2D eigenvalue weighted by Gasteiger charge is -2.05. The fourth-order valence-corrected chi connectivity index (χ4v) is 5.63. The molecule has 0 amide bonds. The van der Waals surface area contributed by atoms with Crippen LogP contribution < -0.4 is 0 Å². The molecule has 0 aliphatic heterocycles. The summed E-state index contributed by atoms with van der Waals surface area (Å²) in [6, 6.07) is 10.7. The quantitative estimate of drug-likeness (QED) is 0.659. The fourth-order valence-electron chi connectivity index (χ4n) is 2.10. The molecule has 0 bridgehead atoms. The third kappa shape index (κ3) is 3.19. The summed E-state index contributed by atoms with van der Waals surface area (Å²) in [5, 5.41) is 6.64. The van der Waals surface area contributed by atoms with Gasteiger partial charge in [-0.1, -0.05) is 29.4 Å². The lowest BCUT2D eigenvalue weighted by molar-refractivity contribution is 0.580. The maximum atomic E-state index is 12.7. The van der Waals surface area contributed by atoms with Gasteiger partial charge in [0.05, 0.1) is 16.3 Å². The molecule has 2 heterocycles. The van der Waals surface area contributed by atoms with Crippen molar-refractivity contribution in [3.05, 3.63) is 58.2 Å². The van der Waals surface area contributed by atoms with E-state index in [4.69, 9.17) is 11.6 Å². The van der Waals surface area contributed by atoms with E-state index in [1.807, 2.05) is 19.1 Å². The van der Waals surface area contributed by atoms with Crippen LogP contribution in [0.1, 0.15) is 11.4 Å². The van der Waals surface area contributed by atoms with E-state index in [1.54, 1.807) is 36.6 Å². The Morgan fingerprint density at radius 1 is 1.17 bits per heavy atom. The highest BCUT2D eigenvalue weighted by molar-refractivity contribution is 7.99. The SMILES string of the molecule is Cc1nn(S(=O)(=O)c2cccs2)c(C)c1Sc1ccc(Cl)cc1. The van der Waals surface area contributed by atoms with Crippen LogP contribution in [-0.2, 0) is 10.0 Å². The number of hydrogen-bond acceptors (Lipinski definition) is 5. The van der Waals surface area contributed by atoms with E-state index in [0.29, 0.717) is 16.4 Å². The van der Waals surface area contributed by atoms with Gasteiger partial charge in [-0.2, -0.15) is 17.6 Å². The predicted molar refractivity (Wildman–Crippen MR) is 94.2 cm³/mol. The van der Waals surface area contributed by atoms with Crippen LogP contribution in [0.2, 0.25) is 5.02 Å². The van der Waals surface area contributed by atoms with Gasteiger partial charge in [0.2, 0.25) is 0 Å². The van der Waals surface area contributed by atoms with Crippen molar-refractivity contribution in [2.45, 2.75) is 27.8 Å². The average Bonchev–Trinajstić information content (AvgIpc) is 3.14. The van der Waals surface area contributed by atoms with Crippen LogP contribution in [0.3, 0.4) is 0 Å². The first-order valence-electron chi connectivity index (χ1n) is 6.68. The molecule has 8 heteroatoms. The van der Waals surface area contributed by atoms with Gasteiger partial charge in [-0.3, -0.25) is 0 Å². The number of hydrogen-bond donors (Lipinski definition) is 0. The number of aromatic nitrogens is 2. The number of benzene rings is 1. The average molecular weight is 385 g/mol. The van der Waals surface area contributed by atoms with Gasteiger partial charge in [0.15, 0.2) is 0 Å². The van der Waals surface area contributed by atoms with Gasteiger partial charge in [-0.25, -0.2) is 0 Å². The Bertz CT molecular complexity index is 930. The summed E-state index contributed by atoms with van der Waals surface area (Å²) in [4.78, 5) is 1.82. The molecule has 0 aliphatic rings. The second kappa shape index (κ2) is 6.32. The molecule has 0 atom stereocenters. The largest absolute Gasteiger partial charge is 0.292 e. The van der Waals surface area contributed by atoms with Gasteiger partial charge in [0, 0.05) is 9.92 Å². The number of rotatable bonds is 4. The highest BCUT2D eigenvalue weighted by atomic mass is 35.5. The van der Waals surface area contributed by atoms with Gasteiger partial charge in [0.25, 0.3) is 10.0 Å². The van der Waals surface area contributed by atoms with Crippen LogP contribution >= 0.6 is 34.7 Å². The Hall–Kier alpha value is -1.28. The van der Waals surface area contributed by atoms with Gasteiger partial charge in [0.1, 0.15) is 4.21 Å². The molecular formula is C15H13ClN2O2S3. The Labute approximate surface area is 148 Å². The van der Waals surface area contributed by atoms with E-state index >= 15 is 0 Å². The maximum absolute atomic E-state index is 12.7. The molecule has 0 fully saturated rings. The van der Waals surface area contributed by atoms with Crippen molar-refractivity contribution < 1.29 is 8.42 Å². The summed E-state index contributed by atoms with van der Waals surface area (Å²) >= 11 is 8.56. The van der Waals surface area contributed by atoms with E-state index < -0.39 is 10.0 Å². The van der Waals surface area contributed by atoms with Gasteiger partial charge in [-0.05, 0) is 49.6 Å². The molecule has 120 valence electrons. The second-order valence-corrected chi connectivity index (χ2v) is 9.30. The van der Waals surface area contributed by atoms with Crippen molar-refractivity contribution in [1.29, 1.82) is 0 Å². The molecule has 0 radical (unpaired) electrons. The van der Waals surface area contributed by atoms with Crippen LogP contribution in [0.4, 0.5) is 0 Å². The van der Waals surface area contributed by atoms with Gasteiger partial charge in [-0.15, -0.1) is 11.3 Å². The molecule has 0 saturated carbocycles. The molecule has 1 aromatic carbocycles. The lowest BCUT2D eigenvalue weighted by atomic mass is 10.4. The van der Waals surface area contributed by atoms with Crippen molar-refractivity contribution in [2.75, 3.05) is 0 Å². The van der Waals surface area contributed by atoms with E-state index in [0.717, 1.165) is 13.9 Å². The normalized spacial score (nSPS) is 11.8. The zero-order valence-electron chi connectivity index (χ0n) is 12.4. The highest BCUT2D eigenvalue weighted by Gasteiger charge is 2.24. The van der Waals surface area contributed by atoms with Crippen molar-refractivity contribution in [1.82, 2.24) is 9.19 Å². The van der Waals surface area contributed by atoms with E-state index in [9.17, 15) is 8.42 Å². The summed E-state index contributed by atoms with van der Waals surface area (Å²) in [5.41, 5.74) is 1.29. The standard InChI is InChI=1S/C15H13ClN2O2S3/c1-10-15(22-13-7-5-12(16)6-8-13)11(2)18(17-10)23(19,20)14-4-3-9-21-14/h3-9H,1-2H3. The first kappa shape index (κ1) is 16.6. The van der Waals surface area contributed by atoms with Crippen LogP contribution in [0.25, 0.3) is 0 Å². The maximum Gasteiger partial charge on any atom is 0.292 e. The second-order valence-electron chi connectivity index (χ2n) is 4.84. The Morgan fingerprint density at radius 2 is 1.87 bits per heavy atom. The third-order valence-electron chi connectivity index (χ3n) is 3.20. The van der Waals surface area contributed by atoms with E-state index in [-0.39, 0.29) is 4.21 Å². The number of nitrogens with zero attached hydrogens (tertiary/aromatic N) is 2. The molecule has 2 aromatic heterocycles. The minimum atomic E-state index is -3.64. The van der Waals surface area contributed by atoms with Crippen LogP contribution in [0, 0.1) is 13.8 Å². The zero-order valence-corrected chi connectivity index (χ0v) is 15.6. The van der Waals surface area contributed by atoms with Crippen molar-refractivity contribution in [3.8, 4) is 0 Å². The minimum Gasteiger partial charge on any atom is -0.198 e. The molecule has 0 unspecified atom stereocenters. The van der Waals surface area contributed by atoms with E-state index in [1.165, 1.54) is 23.1 Å². The molecule has 0 aliphatic carbocycles. The van der Waals surface area contributed by atoms with Crippen LogP contribution in [0.15, 0.2) is 55.8 Å². The first-order valence-corrected chi connectivity index (χ1v) is 10.2. The summed E-state index contributed by atoms with van der Waals surface area (Å²) in [6.45, 7) is 3.58. The zero-order chi connectivity index (χ0) is 16.6. The van der Waals surface area contributed by atoms with Gasteiger partial charge >= 0.3 is 0 Å². The Balaban J connectivity index is 2.02. The van der Waals surface area contributed by atoms with Crippen LogP contribution in [-0.4, -0.2) is 17.6 Å². The smallest absolute Gasteiger partial charge is 0.198 e. The summed E-state index contributed by atoms with van der Waals surface area (Å²) in [6.07, 6.45) is 0. The van der Waals surface area contributed by atoms with Gasteiger partial charge < -0.3 is 0 Å². The molecule has 0 saturated heterocycles. The van der Waals surface area contributed by atoms with Crippen molar-refractivity contribution in [3.63, 3.8) is 0 Å². The molecule has 4 nitrogen and oxygen atoms in total. The topological polar surface area (TPSA) is 52.0 Å². The summed E-state index contributed by atoms with van der Waals surface area (Å²) < 4.78 is 26.7. The fraction of sp³-hybridized carbons (Fsp3) is 0.133. The third-order valence-corrected chi connectivity index (χ3v) is 7.79. The molecule has 0 N–H and O–H groups in total. The Kier molecular flexibility index (Phi) is 4.55. The monoisotopic (exact) mass is 384 g/mol. The van der Waals surface area contributed by atoms with Crippen molar-refractivity contribution >= 4 is 44.7 Å². The summed E-state index contributed by atoms with van der Waals surface area (Å²) in [7, 11) is -3.64. The predicted octanol–water partition coefficient (Wildman–Crippen LogP) is 4.60.